The number of aryl methyl sites for hydroxylation is 1. The van der Waals surface area contributed by atoms with Gasteiger partial charge in [-0.15, -0.1) is 0 Å². The van der Waals surface area contributed by atoms with E-state index in [0.29, 0.717) is 30.1 Å². The summed E-state index contributed by atoms with van der Waals surface area (Å²) in [6, 6.07) is 18.6. The van der Waals surface area contributed by atoms with Crippen LogP contribution in [0.3, 0.4) is 0 Å². The molecular weight excluding hydrogens is 380 g/mol. The Morgan fingerprint density at radius 2 is 1.83 bits per heavy atom. The highest BCUT2D eigenvalue weighted by Gasteiger charge is 2.15. The number of hydrogen-bond donors (Lipinski definition) is 2. The predicted octanol–water partition coefficient (Wildman–Crippen LogP) is 4.26. The lowest BCUT2D eigenvalue weighted by Gasteiger charge is -2.25. The van der Waals surface area contributed by atoms with Crippen LogP contribution in [0.2, 0.25) is 0 Å². The summed E-state index contributed by atoms with van der Waals surface area (Å²) in [7, 11) is 1.97. The molecular formula is C23H26N4O3. The second-order valence-electron chi connectivity index (χ2n) is 7.22. The Bertz CT molecular complexity index is 1000. The first kappa shape index (κ1) is 21.3. The van der Waals surface area contributed by atoms with Crippen LogP contribution in [-0.2, 0) is 4.79 Å². The van der Waals surface area contributed by atoms with Crippen molar-refractivity contribution in [3.63, 3.8) is 0 Å². The standard InChI is InChI=1S/C23H26N4O3/c1-16-14-21(26-30-16)25-22(28)12-13-27(3)17(2)19-10-7-11-20(15-19)24-23(29)18-8-5-4-6-9-18/h4-11,14-15,17H,12-13H2,1-3H3,(H,24,29)(H,25,26,28). The van der Waals surface area contributed by atoms with E-state index in [1.165, 1.54) is 0 Å². The van der Waals surface area contributed by atoms with Gasteiger partial charge in [-0.25, -0.2) is 0 Å². The summed E-state index contributed by atoms with van der Waals surface area (Å²) in [5.41, 5.74) is 2.40. The SMILES string of the molecule is Cc1cc(NC(=O)CCN(C)C(C)c2cccc(NC(=O)c3ccccc3)c2)no1. The molecule has 3 aromatic rings. The summed E-state index contributed by atoms with van der Waals surface area (Å²) < 4.78 is 4.95. The number of benzene rings is 2. The molecule has 0 saturated carbocycles. The maximum atomic E-state index is 12.4. The minimum absolute atomic E-state index is 0.0701. The molecule has 7 heteroatoms. The molecule has 0 saturated heterocycles. The van der Waals surface area contributed by atoms with Gasteiger partial charge in [0.15, 0.2) is 5.82 Å². The molecule has 1 unspecified atom stereocenters. The molecule has 0 aliphatic carbocycles. The number of hydrogen-bond acceptors (Lipinski definition) is 5. The minimum Gasteiger partial charge on any atom is -0.360 e. The number of carbonyl (C=O) groups is 2. The lowest BCUT2D eigenvalue weighted by molar-refractivity contribution is -0.116. The lowest BCUT2D eigenvalue weighted by Crippen LogP contribution is -2.27. The van der Waals surface area contributed by atoms with Crippen LogP contribution in [0.5, 0.6) is 0 Å². The van der Waals surface area contributed by atoms with Crippen LogP contribution in [0.25, 0.3) is 0 Å². The van der Waals surface area contributed by atoms with Crippen molar-refractivity contribution in [3.8, 4) is 0 Å². The normalized spacial score (nSPS) is 11.9. The van der Waals surface area contributed by atoms with Gasteiger partial charge in [-0.1, -0.05) is 35.5 Å². The van der Waals surface area contributed by atoms with Gasteiger partial charge < -0.3 is 15.2 Å². The highest BCUT2D eigenvalue weighted by atomic mass is 16.5. The van der Waals surface area contributed by atoms with E-state index in [2.05, 4.69) is 27.6 Å². The van der Waals surface area contributed by atoms with Gasteiger partial charge in [-0.05, 0) is 50.7 Å². The van der Waals surface area contributed by atoms with Gasteiger partial charge in [-0.2, -0.15) is 0 Å². The van der Waals surface area contributed by atoms with E-state index < -0.39 is 0 Å². The van der Waals surface area contributed by atoms with Crippen molar-refractivity contribution in [1.29, 1.82) is 0 Å². The van der Waals surface area contributed by atoms with Crippen molar-refractivity contribution in [1.82, 2.24) is 10.1 Å². The number of rotatable bonds is 8. The van der Waals surface area contributed by atoms with Crippen molar-refractivity contribution >= 4 is 23.3 Å². The van der Waals surface area contributed by atoms with Crippen LogP contribution in [0.1, 0.15) is 41.1 Å². The van der Waals surface area contributed by atoms with E-state index in [9.17, 15) is 9.59 Å². The van der Waals surface area contributed by atoms with E-state index in [-0.39, 0.29) is 17.9 Å². The second-order valence-corrected chi connectivity index (χ2v) is 7.22. The van der Waals surface area contributed by atoms with Crippen molar-refractivity contribution in [2.75, 3.05) is 24.2 Å². The molecule has 2 N–H and O–H groups in total. The number of nitrogens with zero attached hydrogens (tertiary/aromatic N) is 2. The molecule has 1 aromatic heterocycles. The third-order valence-corrected chi connectivity index (χ3v) is 4.91. The Morgan fingerprint density at radius 1 is 1.07 bits per heavy atom. The second kappa shape index (κ2) is 9.84. The number of aromatic nitrogens is 1. The highest BCUT2D eigenvalue weighted by molar-refractivity contribution is 6.04. The van der Waals surface area contributed by atoms with Crippen molar-refractivity contribution in [3.05, 3.63) is 77.6 Å². The first-order valence-electron chi connectivity index (χ1n) is 9.82. The monoisotopic (exact) mass is 406 g/mol. The maximum Gasteiger partial charge on any atom is 0.255 e. The van der Waals surface area contributed by atoms with Crippen LogP contribution in [0, 0.1) is 6.92 Å². The fourth-order valence-electron chi connectivity index (χ4n) is 3.03. The molecule has 0 spiro atoms. The third-order valence-electron chi connectivity index (χ3n) is 4.91. The fraction of sp³-hybridized carbons (Fsp3) is 0.261. The van der Waals surface area contributed by atoms with Crippen molar-refractivity contribution in [2.45, 2.75) is 26.3 Å². The highest BCUT2D eigenvalue weighted by Crippen LogP contribution is 2.22. The molecule has 30 heavy (non-hydrogen) atoms. The maximum absolute atomic E-state index is 12.4. The third kappa shape index (κ3) is 5.78. The Balaban J connectivity index is 1.55. The number of amides is 2. The minimum atomic E-state index is -0.145. The summed E-state index contributed by atoms with van der Waals surface area (Å²) >= 11 is 0. The van der Waals surface area contributed by atoms with E-state index in [1.807, 2.05) is 49.5 Å². The Kier molecular flexibility index (Phi) is 6.98. The molecule has 7 nitrogen and oxygen atoms in total. The van der Waals surface area contributed by atoms with E-state index in [4.69, 9.17) is 4.52 Å². The summed E-state index contributed by atoms with van der Waals surface area (Å²) in [5.74, 6) is 0.810. The van der Waals surface area contributed by atoms with Crippen molar-refractivity contribution < 1.29 is 14.1 Å². The molecule has 156 valence electrons. The number of anilines is 2. The Hall–Kier alpha value is -3.45. The molecule has 1 atom stereocenters. The van der Waals surface area contributed by atoms with Crippen LogP contribution in [0.4, 0.5) is 11.5 Å². The van der Waals surface area contributed by atoms with Crippen LogP contribution < -0.4 is 10.6 Å². The average Bonchev–Trinajstić information content (AvgIpc) is 3.16. The summed E-state index contributed by atoms with van der Waals surface area (Å²) in [5, 5.41) is 9.43. The molecule has 3 rings (SSSR count). The Labute approximate surface area is 176 Å². The Morgan fingerprint density at radius 3 is 2.53 bits per heavy atom. The van der Waals surface area contributed by atoms with Crippen LogP contribution >= 0.6 is 0 Å². The van der Waals surface area contributed by atoms with Gasteiger partial charge in [0, 0.05) is 36.3 Å². The van der Waals surface area contributed by atoms with Gasteiger partial charge >= 0.3 is 0 Å². The smallest absolute Gasteiger partial charge is 0.255 e. The van der Waals surface area contributed by atoms with Crippen molar-refractivity contribution in [2.24, 2.45) is 0 Å². The first-order chi connectivity index (χ1) is 14.4. The molecule has 0 radical (unpaired) electrons. The summed E-state index contributed by atoms with van der Waals surface area (Å²) in [6.07, 6.45) is 0.331. The van der Waals surface area contributed by atoms with Gasteiger partial charge in [0.25, 0.3) is 5.91 Å². The van der Waals surface area contributed by atoms with Crippen LogP contribution in [0.15, 0.2) is 65.2 Å². The largest absolute Gasteiger partial charge is 0.360 e. The van der Waals surface area contributed by atoms with Gasteiger partial charge in [-0.3, -0.25) is 14.5 Å². The molecule has 0 aliphatic heterocycles. The molecule has 2 amide bonds. The van der Waals surface area contributed by atoms with E-state index in [1.54, 1.807) is 25.1 Å². The fourth-order valence-corrected chi connectivity index (χ4v) is 3.03. The van der Waals surface area contributed by atoms with Gasteiger partial charge in [0.05, 0.1) is 0 Å². The molecule has 2 aromatic carbocycles. The number of carbonyl (C=O) groups excluding carboxylic acids is 2. The zero-order chi connectivity index (χ0) is 21.5. The zero-order valence-corrected chi connectivity index (χ0v) is 17.4. The topological polar surface area (TPSA) is 87.5 Å². The summed E-state index contributed by atoms with van der Waals surface area (Å²) in [6.45, 7) is 4.41. The van der Waals surface area contributed by atoms with Gasteiger partial charge in [0.2, 0.25) is 5.91 Å². The quantitative estimate of drug-likeness (QED) is 0.584. The predicted molar refractivity (Wildman–Crippen MR) is 116 cm³/mol. The molecule has 0 bridgehead atoms. The molecule has 0 fully saturated rings. The van der Waals surface area contributed by atoms with Crippen LogP contribution in [-0.4, -0.2) is 35.5 Å². The summed E-state index contributed by atoms with van der Waals surface area (Å²) in [4.78, 5) is 26.6. The van der Waals surface area contributed by atoms with Gasteiger partial charge in [0.1, 0.15) is 5.76 Å². The lowest BCUT2D eigenvalue weighted by atomic mass is 10.1. The first-order valence-corrected chi connectivity index (χ1v) is 9.82. The van der Waals surface area contributed by atoms with E-state index in [0.717, 1.165) is 11.3 Å². The zero-order valence-electron chi connectivity index (χ0n) is 17.4. The number of nitrogens with one attached hydrogen (secondary N) is 2. The molecule has 0 aliphatic rings. The molecule has 1 heterocycles. The van der Waals surface area contributed by atoms with E-state index >= 15 is 0 Å². The average molecular weight is 406 g/mol.